The molecule has 0 aromatic rings. The third kappa shape index (κ3) is 5.27. The lowest BCUT2D eigenvalue weighted by atomic mass is 10.2. The first-order valence-electron chi connectivity index (χ1n) is 5.57. The van der Waals surface area contributed by atoms with Gasteiger partial charge in [0.15, 0.2) is 0 Å². The average Bonchev–Trinajstić information content (AvgIpc) is 2.93. The van der Waals surface area contributed by atoms with Gasteiger partial charge in [0.25, 0.3) is 0 Å². The van der Waals surface area contributed by atoms with E-state index < -0.39 is 0 Å². The van der Waals surface area contributed by atoms with E-state index in [2.05, 4.69) is 12.2 Å². The van der Waals surface area contributed by atoms with Crippen molar-refractivity contribution in [3.8, 4) is 0 Å². The molecule has 1 fully saturated rings. The molecule has 2 nitrogen and oxygen atoms in total. The van der Waals surface area contributed by atoms with Crippen LogP contribution in [0, 0.1) is 5.92 Å². The molecule has 0 aromatic carbocycles. The number of rotatable bonds is 8. The number of hydrogen-bond donors (Lipinski definition) is 1. The molecular formula is C11H23NO. The van der Waals surface area contributed by atoms with Gasteiger partial charge in [-0.05, 0) is 51.5 Å². The van der Waals surface area contributed by atoms with Gasteiger partial charge in [-0.3, -0.25) is 0 Å². The molecule has 1 aliphatic rings. The molecule has 1 rings (SSSR count). The standard InChI is InChI=1S/C11H23NO/c1-10(11-6-7-11)12-8-4-3-5-9-13-2/h10-12H,3-9H2,1-2H3. The highest BCUT2D eigenvalue weighted by atomic mass is 16.5. The molecule has 13 heavy (non-hydrogen) atoms. The van der Waals surface area contributed by atoms with E-state index in [0.29, 0.717) is 0 Å². The maximum Gasteiger partial charge on any atom is 0.0462 e. The van der Waals surface area contributed by atoms with E-state index in [4.69, 9.17) is 4.74 Å². The van der Waals surface area contributed by atoms with Crippen molar-refractivity contribution in [1.82, 2.24) is 5.32 Å². The van der Waals surface area contributed by atoms with Gasteiger partial charge in [0.2, 0.25) is 0 Å². The van der Waals surface area contributed by atoms with Crippen LogP contribution in [0.25, 0.3) is 0 Å². The van der Waals surface area contributed by atoms with E-state index in [0.717, 1.165) is 18.6 Å². The smallest absolute Gasteiger partial charge is 0.0462 e. The van der Waals surface area contributed by atoms with Gasteiger partial charge < -0.3 is 10.1 Å². The number of ether oxygens (including phenoxy) is 1. The van der Waals surface area contributed by atoms with Gasteiger partial charge in [0, 0.05) is 19.8 Å². The highest BCUT2D eigenvalue weighted by Crippen LogP contribution is 2.32. The molecule has 0 aromatic heterocycles. The molecule has 0 amide bonds. The maximum absolute atomic E-state index is 5.00. The Kier molecular flexibility index (Phi) is 5.40. The zero-order valence-corrected chi connectivity index (χ0v) is 9.01. The Balaban J connectivity index is 1.77. The molecule has 1 N–H and O–H groups in total. The normalized spacial score (nSPS) is 18.9. The van der Waals surface area contributed by atoms with Crippen molar-refractivity contribution in [3.63, 3.8) is 0 Å². The van der Waals surface area contributed by atoms with Gasteiger partial charge in [-0.2, -0.15) is 0 Å². The summed E-state index contributed by atoms with van der Waals surface area (Å²) in [5, 5.41) is 3.58. The fourth-order valence-electron chi connectivity index (χ4n) is 1.64. The fourth-order valence-corrected chi connectivity index (χ4v) is 1.64. The van der Waals surface area contributed by atoms with Crippen LogP contribution in [-0.2, 0) is 4.74 Å². The summed E-state index contributed by atoms with van der Waals surface area (Å²) in [6.45, 7) is 4.41. The van der Waals surface area contributed by atoms with Crippen molar-refractivity contribution in [1.29, 1.82) is 0 Å². The highest BCUT2D eigenvalue weighted by Gasteiger charge is 2.26. The second kappa shape index (κ2) is 6.39. The summed E-state index contributed by atoms with van der Waals surface area (Å²) in [4.78, 5) is 0. The molecular weight excluding hydrogens is 162 g/mol. The summed E-state index contributed by atoms with van der Waals surface area (Å²) in [7, 11) is 1.77. The molecule has 0 radical (unpaired) electrons. The molecule has 0 heterocycles. The van der Waals surface area contributed by atoms with Crippen LogP contribution in [0.5, 0.6) is 0 Å². The molecule has 1 atom stereocenters. The third-order valence-corrected chi connectivity index (χ3v) is 2.82. The minimum absolute atomic E-state index is 0.752. The fraction of sp³-hybridized carbons (Fsp3) is 1.00. The van der Waals surface area contributed by atoms with Crippen molar-refractivity contribution >= 4 is 0 Å². The van der Waals surface area contributed by atoms with E-state index >= 15 is 0 Å². The molecule has 78 valence electrons. The summed E-state index contributed by atoms with van der Waals surface area (Å²) in [5.41, 5.74) is 0. The number of methoxy groups -OCH3 is 1. The summed E-state index contributed by atoms with van der Waals surface area (Å²) >= 11 is 0. The Morgan fingerprint density at radius 2 is 2.08 bits per heavy atom. The average molecular weight is 185 g/mol. The molecule has 0 bridgehead atoms. The Bertz CT molecular complexity index is 123. The molecule has 0 aliphatic heterocycles. The molecule has 2 heteroatoms. The van der Waals surface area contributed by atoms with Gasteiger partial charge in [-0.25, -0.2) is 0 Å². The van der Waals surface area contributed by atoms with Crippen LogP contribution in [0.4, 0.5) is 0 Å². The Morgan fingerprint density at radius 1 is 1.31 bits per heavy atom. The van der Waals surface area contributed by atoms with E-state index in [-0.39, 0.29) is 0 Å². The van der Waals surface area contributed by atoms with Crippen LogP contribution in [0.15, 0.2) is 0 Å². The lowest BCUT2D eigenvalue weighted by Gasteiger charge is -2.11. The first-order chi connectivity index (χ1) is 6.34. The van der Waals surface area contributed by atoms with E-state index in [1.165, 1.54) is 38.6 Å². The van der Waals surface area contributed by atoms with Crippen LogP contribution >= 0.6 is 0 Å². The molecule has 0 spiro atoms. The quantitative estimate of drug-likeness (QED) is 0.585. The predicted octanol–water partition coefficient (Wildman–Crippen LogP) is 2.19. The van der Waals surface area contributed by atoms with Crippen molar-refractivity contribution < 1.29 is 4.74 Å². The van der Waals surface area contributed by atoms with Crippen molar-refractivity contribution in [2.24, 2.45) is 5.92 Å². The summed E-state index contributed by atoms with van der Waals surface area (Å²) in [5.74, 6) is 0.985. The SMILES string of the molecule is COCCCCCNC(C)C1CC1. The first-order valence-corrected chi connectivity index (χ1v) is 5.57. The number of unbranched alkanes of at least 4 members (excludes halogenated alkanes) is 2. The zero-order valence-electron chi connectivity index (χ0n) is 9.01. The minimum Gasteiger partial charge on any atom is -0.385 e. The third-order valence-electron chi connectivity index (χ3n) is 2.82. The topological polar surface area (TPSA) is 21.3 Å². The molecule has 1 aliphatic carbocycles. The van der Waals surface area contributed by atoms with Gasteiger partial charge in [-0.1, -0.05) is 0 Å². The van der Waals surface area contributed by atoms with Crippen LogP contribution in [-0.4, -0.2) is 26.3 Å². The lowest BCUT2D eigenvalue weighted by Crippen LogP contribution is -2.28. The first kappa shape index (κ1) is 11.0. The lowest BCUT2D eigenvalue weighted by molar-refractivity contribution is 0.192. The molecule has 1 saturated carbocycles. The number of hydrogen-bond acceptors (Lipinski definition) is 2. The van der Waals surface area contributed by atoms with Crippen molar-refractivity contribution in [3.05, 3.63) is 0 Å². The van der Waals surface area contributed by atoms with E-state index in [1.54, 1.807) is 7.11 Å². The second-order valence-corrected chi connectivity index (χ2v) is 4.13. The van der Waals surface area contributed by atoms with Crippen LogP contribution in [0.2, 0.25) is 0 Å². The Labute approximate surface area is 82.0 Å². The minimum atomic E-state index is 0.752. The Morgan fingerprint density at radius 3 is 2.69 bits per heavy atom. The van der Waals surface area contributed by atoms with Gasteiger partial charge in [0.05, 0.1) is 0 Å². The van der Waals surface area contributed by atoms with Crippen LogP contribution < -0.4 is 5.32 Å². The van der Waals surface area contributed by atoms with Crippen molar-refractivity contribution in [2.45, 2.75) is 45.1 Å². The van der Waals surface area contributed by atoms with Crippen LogP contribution in [0.3, 0.4) is 0 Å². The van der Waals surface area contributed by atoms with Crippen molar-refractivity contribution in [2.75, 3.05) is 20.3 Å². The summed E-state index contributed by atoms with van der Waals surface area (Å²) in [6, 6.07) is 0.752. The highest BCUT2D eigenvalue weighted by molar-refractivity contribution is 4.82. The monoisotopic (exact) mass is 185 g/mol. The summed E-state index contributed by atoms with van der Waals surface area (Å²) in [6.07, 6.45) is 6.67. The second-order valence-electron chi connectivity index (χ2n) is 4.13. The molecule has 1 unspecified atom stereocenters. The Hall–Kier alpha value is -0.0800. The largest absolute Gasteiger partial charge is 0.385 e. The number of nitrogens with one attached hydrogen (secondary N) is 1. The maximum atomic E-state index is 5.00. The van der Waals surface area contributed by atoms with Gasteiger partial charge >= 0.3 is 0 Å². The van der Waals surface area contributed by atoms with Crippen LogP contribution in [0.1, 0.15) is 39.0 Å². The summed E-state index contributed by atoms with van der Waals surface area (Å²) < 4.78 is 5.00. The molecule has 0 saturated heterocycles. The van der Waals surface area contributed by atoms with E-state index in [9.17, 15) is 0 Å². The van der Waals surface area contributed by atoms with Gasteiger partial charge in [0.1, 0.15) is 0 Å². The zero-order chi connectivity index (χ0) is 9.52. The van der Waals surface area contributed by atoms with Gasteiger partial charge in [-0.15, -0.1) is 0 Å². The van der Waals surface area contributed by atoms with E-state index in [1.807, 2.05) is 0 Å². The predicted molar refractivity (Wildman–Crippen MR) is 55.9 cm³/mol.